The van der Waals surface area contributed by atoms with E-state index in [1.165, 1.54) is 0 Å². The maximum Gasteiger partial charge on any atom is 0.119 e. The van der Waals surface area contributed by atoms with Gasteiger partial charge in [-0.1, -0.05) is 24.3 Å². The molecule has 0 aromatic heterocycles. The molecule has 2 aromatic carbocycles. The topological polar surface area (TPSA) is 35.2 Å². The van der Waals surface area contributed by atoms with Gasteiger partial charge in [-0.25, -0.2) is 0 Å². The molecule has 0 saturated heterocycles. The fourth-order valence-electron chi connectivity index (χ4n) is 1.52. The van der Waals surface area contributed by atoms with Crippen molar-refractivity contribution in [2.24, 2.45) is 0 Å². The van der Waals surface area contributed by atoms with Crippen LogP contribution in [0.4, 0.5) is 5.69 Å². The lowest BCUT2D eigenvalue weighted by atomic mass is 10.1. The molecule has 0 aliphatic heterocycles. The largest absolute Gasteiger partial charge is 0.497 e. The van der Waals surface area contributed by atoms with E-state index in [0.29, 0.717) is 0 Å². The molecule has 2 rings (SSSR count). The lowest BCUT2D eigenvalue weighted by Crippen LogP contribution is -1.86. The number of hydrogen-bond acceptors (Lipinski definition) is 2. The second-order valence-corrected chi connectivity index (χ2v) is 3.36. The van der Waals surface area contributed by atoms with Crippen LogP contribution in [-0.2, 0) is 0 Å². The number of benzene rings is 2. The molecule has 2 nitrogen and oxygen atoms in total. The molecular formula is C13H13NO. The second kappa shape index (κ2) is 4.05. The van der Waals surface area contributed by atoms with Crippen molar-refractivity contribution in [1.82, 2.24) is 0 Å². The van der Waals surface area contributed by atoms with E-state index in [1.807, 2.05) is 48.5 Å². The van der Waals surface area contributed by atoms with Crippen LogP contribution < -0.4 is 10.5 Å². The fraction of sp³-hybridized carbons (Fsp3) is 0.0769. The van der Waals surface area contributed by atoms with Crippen molar-refractivity contribution in [3.63, 3.8) is 0 Å². The zero-order valence-corrected chi connectivity index (χ0v) is 8.60. The van der Waals surface area contributed by atoms with Crippen molar-refractivity contribution in [2.75, 3.05) is 12.8 Å². The number of anilines is 1. The van der Waals surface area contributed by atoms with E-state index in [2.05, 4.69) is 0 Å². The van der Waals surface area contributed by atoms with Crippen LogP contribution in [-0.4, -0.2) is 7.11 Å². The SMILES string of the molecule is COc1cccc(-c2cccc(N)c2)c1. The van der Waals surface area contributed by atoms with Gasteiger partial charge in [0, 0.05) is 5.69 Å². The van der Waals surface area contributed by atoms with E-state index in [9.17, 15) is 0 Å². The molecule has 0 atom stereocenters. The lowest BCUT2D eigenvalue weighted by Gasteiger charge is -2.05. The van der Waals surface area contributed by atoms with Crippen molar-refractivity contribution in [1.29, 1.82) is 0 Å². The second-order valence-electron chi connectivity index (χ2n) is 3.36. The van der Waals surface area contributed by atoms with E-state index < -0.39 is 0 Å². The Hall–Kier alpha value is -1.96. The summed E-state index contributed by atoms with van der Waals surface area (Å²) in [6, 6.07) is 15.7. The first-order valence-electron chi connectivity index (χ1n) is 4.79. The molecule has 2 N–H and O–H groups in total. The summed E-state index contributed by atoms with van der Waals surface area (Å²) in [5.74, 6) is 0.856. The predicted molar refractivity (Wildman–Crippen MR) is 62.8 cm³/mol. The molecular weight excluding hydrogens is 186 g/mol. The molecule has 0 saturated carbocycles. The Kier molecular flexibility index (Phi) is 2.59. The predicted octanol–water partition coefficient (Wildman–Crippen LogP) is 2.94. The van der Waals surface area contributed by atoms with Crippen LogP contribution in [0.25, 0.3) is 11.1 Å². The summed E-state index contributed by atoms with van der Waals surface area (Å²) >= 11 is 0. The van der Waals surface area contributed by atoms with Crippen LogP contribution >= 0.6 is 0 Å². The lowest BCUT2D eigenvalue weighted by molar-refractivity contribution is 0.415. The molecule has 0 bridgehead atoms. The summed E-state index contributed by atoms with van der Waals surface area (Å²) in [5, 5.41) is 0. The number of nitrogen functional groups attached to an aromatic ring is 1. The monoisotopic (exact) mass is 199 g/mol. The number of nitrogens with two attached hydrogens (primary N) is 1. The Bertz CT molecular complexity index is 466. The third-order valence-corrected chi connectivity index (χ3v) is 2.29. The van der Waals surface area contributed by atoms with Crippen molar-refractivity contribution in [2.45, 2.75) is 0 Å². The third-order valence-electron chi connectivity index (χ3n) is 2.29. The minimum absolute atomic E-state index is 0.773. The molecule has 0 radical (unpaired) electrons. The van der Waals surface area contributed by atoms with Crippen molar-refractivity contribution >= 4 is 5.69 Å². The normalized spacial score (nSPS) is 9.93. The van der Waals surface area contributed by atoms with Crippen molar-refractivity contribution in [3.8, 4) is 16.9 Å². The minimum Gasteiger partial charge on any atom is -0.497 e. The van der Waals surface area contributed by atoms with Crippen LogP contribution in [0.3, 0.4) is 0 Å². The van der Waals surface area contributed by atoms with Crippen LogP contribution in [0.5, 0.6) is 5.75 Å². The van der Waals surface area contributed by atoms with Gasteiger partial charge in [0.15, 0.2) is 0 Å². The van der Waals surface area contributed by atoms with Crippen molar-refractivity contribution in [3.05, 3.63) is 48.5 Å². The van der Waals surface area contributed by atoms with Gasteiger partial charge in [0.1, 0.15) is 5.75 Å². The Morgan fingerprint density at radius 1 is 0.933 bits per heavy atom. The first-order valence-corrected chi connectivity index (χ1v) is 4.79. The molecule has 0 aliphatic carbocycles. The van der Waals surface area contributed by atoms with E-state index in [4.69, 9.17) is 10.5 Å². The van der Waals surface area contributed by atoms with E-state index in [-0.39, 0.29) is 0 Å². The summed E-state index contributed by atoms with van der Waals surface area (Å²) in [7, 11) is 1.67. The van der Waals surface area contributed by atoms with Gasteiger partial charge in [-0.2, -0.15) is 0 Å². The van der Waals surface area contributed by atoms with Gasteiger partial charge >= 0.3 is 0 Å². The highest BCUT2D eigenvalue weighted by Crippen LogP contribution is 2.24. The Labute approximate surface area is 89.3 Å². The van der Waals surface area contributed by atoms with Crippen molar-refractivity contribution < 1.29 is 4.74 Å². The first kappa shape index (κ1) is 9.59. The summed E-state index contributed by atoms with van der Waals surface area (Å²) in [4.78, 5) is 0. The standard InChI is InChI=1S/C13H13NO/c1-15-13-7-3-5-11(9-13)10-4-2-6-12(14)8-10/h2-9H,14H2,1H3. The highest BCUT2D eigenvalue weighted by Gasteiger charge is 1.99. The van der Waals surface area contributed by atoms with E-state index >= 15 is 0 Å². The van der Waals surface area contributed by atoms with Crippen LogP contribution in [0, 0.1) is 0 Å². The van der Waals surface area contributed by atoms with Crippen LogP contribution in [0.2, 0.25) is 0 Å². The Morgan fingerprint density at radius 3 is 2.27 bits per heavy atom. The van der Waals surface area contributed by atoms with Gasteiger partial charge < -0.3 is 10.5 Å². The highest BCUT2D eigenvalue weighted by atomic mass is 16.5. The minimum atomic E-state index is 0.773. The molecule has 0 unspecified atom stereocenters. The summed E-state index contributed by atoms with van der Waals surface area (Å²) in [6.45, 7) is 0. The first-order chi connectivity index (χ1) is 7.29. The van der Waals surface area contributed by atoms with Crippen LogP contribution in [0.1, 0.15) is 0 Å². The van der Waals surface area contributed by atoms with Gasteiger partial charge in [-0.3, -0.25) is 0 Å². The maximum absolute atomic E-state index is 5.74. The molecule has 2 aromatic rings. The quantitative estimate of drug-likeness (QED) is 0.755. The van der Waals surface area contributed by atoms with Crippen LogP contribution in [0.15, 0.2) is 48.5 Å². The molecule has 0 aliphatic rings. The summed E-state index contributed by atoms with van der Waals surface area (Å²) < 4.78 is 5.18. The molecule has 2 heteroatoms. The number of methoxy groups -OCH3 is 1. The van der Waals surface area contributed by atoms with Gasteiger partial charge in [-0.15, -0.1) is 0 Å². The Morgan fingerprint density at radius 2 is 1.60 bits per heavy atom. The average Bonchev–Trinajstić information content (AvgIpc) is 2.29. The number of rotatable bonds is 2. The summed E-state index contributed by atoms with van der Waals surface area (Å²) in [6.07, 6.45) is 0. The van der Waals surface area contributed by atoms with Gasteiger partial charge in [0.05, 0.1) is 7.11 Å². The third kappa shape index (κ3) is 2.10. The highest BCUT2D eigenvalue weighted by molar-refractivity contribution is 5.68. The van der Waals surface area contributed by atoms with Gasteiger partial charge in [-0.05, 0) is 35.4 Å². The zero-order chi connectivity index (χ0) is 10.7. The number of hydrogen-bond donors (Lipinski definition) is 1. The molecule has 76 valence electrons. The molecule has 0 heterocycles. The molecule has 0 spiro atoms. The molecule has 0 fully saturated rings. The molecule has 0 amide bonds. The van der Waals surface area contributed by atoms with Gasteiger partial charge in [0.2, 0.25) is 0 Å². The van der Waals surface area contributed by atoms with Gasteiger partial charge in [0.25, 0.3) is 0 Å². The smallest absolute Gasteiger partial charge is 0.119 e. The Balaban J connectivity index is 2.44. The summed E-state index contributed by atoms with van der Waals surface area (Å²) in [5.41, 5.74) is 8.73. The van der Waals surface area contributed by atoms with E-state index in [1.54, 1.807) is 7.11 Å². The molecule has 15 heavy (non-hydrogen) atoms. The maximum atomic E-state index is 5.74. The number of ether oxygens (including phenoxy) is 1. The average molecular weight is 199 g/mol. The van der Waals surface area contributed by atoms with E-state index in [0.717, 1.165) is 22.6 Å². The zero-order valence-electron chi connectivity index (χ0n) is 8.60. The fourth-order valence-corrected chi connectivity index (χ4v) is 1.52.